The first-order chi connectivity index (χ1) is 8.81. The molecule has 0 radical (unpaired) electrons. The predicted molar refractivity (Wildman–Crippen MR) is 75.0 cm³/mol. The molecular weight excluding hydrogens is 266 g/mol. The number of aryl methyl sites for hydroxylation is 1. The number of likely N-dealkylation sites (tertiary alicyclic amines) is 1. The van der Waals surface area contributed by atoms with Gasteiger partial charge >= 0.3 is 0 Å². The second-order valence-corrected chi connectivity index (χ2v) is 7.02. The average Bonchev–Trinajstić information content (AvgIpc) is 3.05. The molecule has 2 atom stereocenters. The van der Waals surface area contributed by atoms with Gasteiger partial charge in [0.2, 0.25) is 5.91 Å². The van der Waals surface area contributed by atoms with Gasteiger partial charge in [-0.25, -0.2) is 0 Å². The molecule has 0 aliphatic carbocycles. The van der Waals surface area contributed by atoms with Crippen LogP contribution in [0, 0.1) is 0 Å². The number of thioether (sulfide) groups is 1. The number of aliphatic hydroxyl groups excluding tert-OH is 1. The van der Waals surface area contributed by atoms with Crippen LogP contribution in [0.15, 0.2) is 11.4 Å². The van der Waals surface area contributed by atoms with E-state index in [-0.39, 0.29) is 23.8 Å². The van der Waals surface area contributed by atoms with Gasteiger partial charge in [0.15, 0.2) is 0 Å². The van der Waals surface area contributed by atoms with E-state index in [1.807, 2.05) is 4.90 Å². The summed E-state index contributed by atoms with van der Waals surface area (Å²) in [5.41, 5.74) is 1.21. The minimum absolute atomic E-state index is 0.0350. The Kier molecular flexibility index (Phi) is 3.63. The summed E-state index contributed by atoms with van der Waals surface area (Å²) in [5, 5.41) is 11.4. The zero-order valence-corrected chi connectivity index (χ0v) is 11.8. The van der Waals surface area contributed by atoms with Gasteiger partial charge in [0.25, 0.3) is 0 Å². The van der Waals surface area contributed by atoms with Crippen LogP contribution in [0.25, 0.3) is 0 Å². The molecule has 3 heterocycles. The average molecular weight is 283 g/mol. The van der Waals surface area contributed by atoms with Crippen molar-refractivity contribution in [2.24, 2.45) is 0 Å². The topological polar surface area (TPSA) is 40.5 Å². The Morgan fingerprint density at radius 1 is 1.56 bits per heavy atom. The van der Waals surface area contributed by atoms with Crippen LogP contribution < -0.4 is 0 Å². The summed E-state index contributed by atoms with van der Waals surface area (Å²) in [6, 6.07) is 2.14. The summed E-state index contributed by atoms with van der Waals surface area (Å²) < 4.78 is 0. The monoisotopic (exact) mass is 283 g/mol. The van der Waals surface area contributed by atoms with Gasteiger partial charge in [-0.2, -0.15) is 0 Å². The molecule has 2 aliphatic heterocycles. The van der Waals surface area contributed by atoms with Crippen molar-refractivity contribution in [3.63, 3.8) is 0 Å². The van der Waals surface area contributed by atoms with Crippen molar-refractivity contribution in [1.82, 2.24) is 4.90 Å². The highest BCUT2D eigenvalue weighted by Gasteiger charge is 2.36. The van der Waals surface area contributed by atoms with Crippen LogP contribution in [-0.4, -0.2) is 40.9 Å². The Morgan fingerprint density at radius 2 is 2.44 bits per heavy atom. The van der Waals surface area contributed by atoms with E-state index in [0.717, 1.165) is 31.6 Å². The maximum absolute atomic E-state index is 12.6. The molecule has 2 aliphatic rings. The largest absolute Gasteiger partial charge is 0.394 e. The van der Waals surface area contributed by atoms with Crippen LogP contribution in [-0.2, 0) is 11.2 Å². The number of hydrogen-bond donors (Lipinski definition) is 1. The first-order valence-corrected chi connectivity index (χ1v) is 8.33. The molecule has 18 heavy (non-hydrogen) atoms. The lowest BCUT2D eigenvalue weighted by molar-refractivity contribution is -0.132. The number of fused-ring (bicyclic) bond motifs is 1. The maximum atomic E-state index is 12.6. The molecule has 98 valence electrons. The summed E-state index contributed by atoms with van der Waals surface area (Å²) in [7, 11) is 0. The van der Waals surface area contributed by atoms with E-state index in [0.29, 0.717) is 0 Å². The van der Waals surface area contributed by atoms with E-state index in [4.69, 9.17) is 0 Å². The van der Waals surface area contributed by atoms with E-state index in [1.54, 1.807) is 23.1 Å². The first-order valence-electron chi connectivity index (χ1n) is 6.40. The molecule has 1 unspecified atom stereocenters. The number of nitrogens with zero attached hydrogens (tertiary/aromatic N) is 1. The minimum Gasteiger partial charge on any atom is -0.394 e. The van der Waals surface area contributed by atoms with E-state index in [2.05, 4.69) is 11.4 Å². The smallest absolute Gasteiger partial charge is 0.240 e. The number of hydrogen-bond acceptors (Lipinski definition) is 4. The molecule has 3 rings (SSSR count). The highest BCUT2D eigenvalue weighted by molar-refractivity contribution is 8.00. The number of carbonyl (C=O) groups excluding carboxylic acids is 1. The Hall–Kier alpha value is -0.520. The Labute approximate surface area is 115 Å². The van der Waals surface area contributed by atoms with Gasteiger partial charge in [-0.1, -0.05) is 0 Å². The van der Waals surface area contributed by atoms with Gasteiger partial charge in [0.05, 0.1) is 12.6 Å². The van der Waals surface area contributed by atoms with E-state index < -0.39 is 0 Å². The Morgan fingerprint density at radius 3 is 3.28 bits per heavy atom. The molecule has 0 spiro atoms. The maximum Gasteiger partial charge on any atom is 0.240 e. The molecule has 1 aromatic rings. The molecule has 1 fully saturated rings. The van der Waals surface area contributed by atoms with Crippen LogP contribution in [0.2, 0.25) is 0 Å². The summed E-state index contributed by atoms with van der Waals surface area (Å²) in [6.07, 6.45) is 3.05. The van der Waals surface area contributed by atoms with E-state index >= 15 is 0 Å². The second-order valence-electron chi connectivity index (χ2n) is 4.81. The summed E-state index contributed by atoms with van der Waals surface area (Å²) >= 11 is 3.51. The molecule has 0 bridgehead atoms. The van der Waals surface area contributed by atoms with Crippen molar-refractivity contribution in [2.75, 3.05) is 18.9 Å². The van der Waals surface area contributed by atoms with Gasteiger partial charge < -0.3 is 10.0 Å². The minimum atomic E-state index is -0.0350. The highest BCUT2D eigenvalue weighted by Crippen LogP contribution is 2.41. The van der Waals surface area contributed by atoms with Crippen molar-refractivity contribution in [3.8, 4) is 0 Å². The van der Waals surface area contributed by atoms with Gasteiger partial charge in [-0.3, -0.25) is 4.79 Å². The van der Waals surface area contributed by atoms with Crippen molar-refractivity contribution in [3.05, 3.63) is 21.9 Å². The fourth-order valence-corrected chi connectivity index (χ4v) is 5.18. The lowest BCUT2D eigenvalue weighted by Crippen LogP contribution is -2.40. The van der Waals surface area contributed by atoms with Crippen LogP contribution >= 0.6 is 23.1 Å². The molecule has 1 amide bonds. The quantitative estimate of drug-likeness (QED) is 0.903. The highest BCUT2D eigenvalue weighted by atomic mass is 32.2. The Bertz CT molecular complexity index is 446. The van der Waals surface area contributed by atoms with Crippen molar-refractivity contribution >= 4 is 29.0 Å². The van der Waals surface area contributed by atoms with Crippen LogP contribution in [0.4, 0.5) is 0 Å². The number of thiophene rings is 1. The summed E-state index contributed by atoms with van der Waals surface area (Å²) in [6.45, 7) is 0.903. The fourth-order valence-electron chi connectivity index (χ4n) is 2.82. The third-order valence-corrected chi connectivity index (χ3v) is 6.00. The normalized spacial score (nSPS) is 27.3. The van der Waals surface area contributed by atoms with Gasteiger partial charge in [0.1, 0.15) is 5.25 Å². The molecule has 1 N–H and O–H groups in total. The fraction of sp³-hybridized carbons (Fsp3) is 0.615. The molecule has 1 aromatic heterocycles. The van der Waals surface area contributed by atoms with E-state index in [9.17, 15) is 9.90 Å². The first kappa shape index (κ1) is 12.5. The predicted octanol–water partition coefficient (Wildman–Crippen LogP) is 2.06. The third kappa shape index (κ3) is 2.08. The number of rotatable bonds is 2. The van der Waals surface area contributed by atoms with Gasteiger partial charge in [-0.15, -0.1) is 23.1 Å². The zero-order chi connectivity index (χ0) is 12.5. The molecule has 0 aromatic carbocycles. The lowest BCUT2D eigenvalue weighted by atomic mass is 10.1. The van der Waals surface area contributed by atoms with Gasteiger partial charge in [0, 0.05) is 11.4 Å². The number of carbonyl (C=O) groups is 1. The molecule has 1 saturated heterocycles. The lowest BCUT2D eigenvalue weighted by Gasteiger charge is -2.29. The van der Waals surface area contributed by atoms with Crippen LogP contribution in [0.5, 0.6) is 0 Å². The molecule has 3 nitrogen and oxygen atoms in total. The standard InChI is InChI=1S/C13H17NO2S2/c15-8-9-2-1-5-14(9)13(16)12-10-3-6-17-11(10)4-7-18-12/h3,6,9,12,15H,1-2,4-5,7-8H2/t9-,12?/m1/s1. The SMILES string of the molecule is O=C(C1SCCc2sccc21)N1CCC[C@@H]1CO. The third-order valence-electron chi connectivity index (χ3n) is 3.77. The van der Waals surface area contributed by atoms with Crippen LogP contribution in [0.3, 0.4) is 0 Å². The summed E-state index contributed by atoms with van der Waals surface area (Å²) in [5.74, 6) is 1.23. The summed E-state index contributed by atoms with van der Waals surface area (Å²) in [4.78, 5) is 15.9. The Balaban J connectivity index is 1.82. The molecule has 0 saturated carbocycles. The number of aliphatic hydroxyl groups is 1. The van der Waals surface area contributed by atoms with Crippen molar-refractivity contribution in [2.45, 2.75) is 30.6 Å². The van der Waals surface area contributed by atoms with Gasteiger partial charge in [-0.05, 0) is 42.0 Å². The molecule has 5 heteroatoms. The van der Waals surface area contributed by atoms with E-state index in [1.165, 1.54) is 10.4 Å². The zero-order valence-electron chi connectivity index (χ0n) is 10.2. The second kappa shape index (κ2) is 5.23. The van der Waals surface area contributed by atoms with Crippen molar-refractivity contribution in [1.29, 1.82) is 0 Å². The molecular formula is C13H17NO2S2. The number of amides is 1. The van der Waals surface area contributed by atoms with Crippen molar-refractivity contribution < 1.29 is 9.90 Å². The van der Waals surface area contributed by atoms with Crippen LogP contribution in [0.1, 0.15) is 28.5 Å².